The van der Waals surface area contributed by atoms with Crippen molar-refractivity contribution in [1.29, 1.82) is 5.26 Å². The minimum Gasteiger partial charge on any atom is -0.394 e. The Morgan fingerprint density at radius 1 is 1.50 bits per heavy atom. The van der Waals surface area contributed by atoms with E-state index >= 15 is 0 Å². The zero-order valence-corrected chi connectivity index (χ0v) is 12.4. The molecule has 0 N–H and O–H groups in total. The van der Waals surface area contributed by atoms with Gasteiger partial charge in [-0.05, 0) is 37.3 Å². The maximum absolute atomic E-state index is 14.3. The molecule has 1 aliphatic carbocycles. The molecule has 1 aromatic carbocycles. The summed E-state index contributed by atoms with van der Waals surface area (Å²) in [6.45, 7) is 5.85. The van der Waals surface area contributed by atoms with Crippen LogP contribution in [0.5, 0.6) is 0 Å². The van der Waals surface area contributed by atoms with Gasteiger partial charge in [0.2, 0.25) is 5.60 Å². The van der Waals surface area contributed by atoms with Crippen molar-refractivity contribution in [2.45, 2.75) is 37.8 Å². The van der Waals surface area contributed by atoms with Gasteiger partial charge in [-0.25, -0.2) is 4.39 Å². The van der Waals surface area contributed by atoms with Gasteiger partial charge >= 0.3 is 0 Å². The summed E-state index contributed by atoms with van der Waals surface area (Å²) in [7, 11) is -2.03. The molecule has 2 atom stereocenters. The number of benzene rings is 1. The molecule has 0 aromatic heterocycles. The predicted molar refractivity (Wildman–Crippen MR) is 71.8 cm³/mol. The van der Waals surface area contributed by atoms with E-state index in [1.165, 1.54) is 0 Å². The zero-order valence-electron chi connectivity index (χ0n) is 10.6. The molecule has 2 rings (SSSR count). The summed E-state index contributed by atoms with van der Waals surface area (Å²) in [5.74, 6) is 0. The van der Waals surface area contributed by atoms with Gasteiger partial charge in [0.1, 0.15) is 12.2 Å². The van der Waals surface area contributed by atoms with E-state index in [2.05, 4.69) is 6.07 Å². The Hall–Kier alpha value is -0.893. The van der Waals surface area contributed by atoms with Crippen LogP contribution in [-0.2, 0) is 16.4 Å². The molecule has 0 bridgehead atoms. The van der Waals surface area contributed by atoms with Crippen molar-refractivity contribution in [3.8, 4) is 6.07 Å². The average Bonchev–Trinajstić information content (AvgIpc) is 2.49. The van der Waals surface area contributed by atoms with Crippen molar-refractivity contribution < 1.29 is 8.82 Å². The molecule has 18 heavy (non-hydrogen) atoms. The third kappa shape index (κ3) is 2.18. The van der Waals surface area contributed by atoms with Gasteiger partial charge in [0.15, 0.2) is 8.32 Å². The number of hydrogen-bond acceptors (Lipinski definition) is 2. The third-order valence-corrected chi connectivity index (χ3v) is 4.11. The molecule has 0 spiro atoms. The largest absolute Gasteiger partial charge is 0.394 e. The van der Waals surface area contributed by atoms with Gasteiger partial charge in [0.05, 0.1) is 0 Å². The predicted octanol–water partition coefficient (Wildman–Crippen LogP) is 3.80. The first-order valence-corrected chi connectivity index (χ1v) is 9.61. The fourth-order valence-corrected chi connectivity index (χ4v) is 3.80. The monoisotopic (exact) mass is 283 g/mol. The van der Waals surface area contributed by atoms with Crippen molar-refractivity contribution in [2.75, 3.05) is 0 Å². The van der Waals surface area contributed by atoms with Gasteiger partial charge in [-0.15, -0.1) is 0 Å². The van der Waals surface area contributed by atoms with E-state index in [0.29, 0.717) is 10.6 Å². The molecule has 5 heteroatoms. The van der Waals surface area contributed by atoms with E-state index in [4.69, 9.17) is 16.0 Å². The Morgan fingerprint density at radius 2 is 2.17 bits per heavy atom. The first-order valence-electron chi connectivity index (χ1n) is 5.83. The summed E-state index contributed by atoms with van der Waals surface area (Å²) >= 11 is 5.90. The molecule has 0 saturated heterocycles. The third-order valence-electron chi connectivity index (χ3n) is 2.94. The second-order valence-electron chi connectivity index (χ2n) is 5.54. The Bertz CT molecular complexity index is 523. The highest BCUT2D eigenvalue weighted by atomic mass is 35.5. The van der Waals surface area contributed by atoms with Crippen LogP contribution in [0, 0.1) is 11.3 Å². The van der Waals surface area contributed by atoms with Crippen molar-refractivity contribution in [3.05, 3.63) is 34.3 Å². The van der Waals surface area contributed by atoms with Gasteiger partial charge < -0.3 is 4.43 Å². The summed E-state index contributed by atoms with van der Waals surface area (Å²) in [5.41, 5.74) is -0.0520. The maximum atomic E-state index is 14.3. The number of alkyl halides is 1. The van der Waals surface area contributed by atoms with Crippen LogP contribution >= 0.6 is 11.6 Å². The van der Waals surface area contributed by atoms with E-state index in [1.807, 2.05) is 19.6 Å². The lowest BCUT2D eigenvalue weighted by atomic mass is 9.97. The number of nitriles is 1. The van der Waals surface area contributed by atoms with E-state index < -0.39 is 20.1 Å². The van der Waals surface area contributed by atoms with Gasteiger partial charge in [-0.3, -0.25) is 0 Å². The summed E-state index contributed by atoms with van der Waals surface area (Å²) in [4.78, 5) is 0. The number of hydrogen-bond donors (Lipinski definition) is 0. The molecular weight excluding hydrogens is 269 g/mol. The highest BCUT2D eigenvalue weighted by Crippen LogP contribution is 2.44. The first kappa shape index (κ1) is 13.5. The minimum absolute atomic E-state index is 0.188. The van der Waals surface area contributed by atoms with Gasteiger partial charge in [-0.1, -0.05) is 17.7 Å². The molecule has 2 nitrogen and oxygen atoms in total. The molecule has 1 aromatic rings. The molecule has 96 valence electrons. The topological polar surface area (TPSA) is 33.0 Å². The van der Waals surface area contributed by atoms with Crippen molar-refractivity contribution >= 4 is 19.9 Å². The molecule has 1 aliphatic rings. The van der Waals surface area contributed by atoms with Crippen LogP contribution in [0.4, 0.5) is 4.39 Å². The van der Waals surface area contributed by atoms with Crippen molar-refractivity contribution in [1.82, 2.24) is 0 Å². The first-order chi connectivity index (χ1) is 8.28. The van der Waals surface area contributed by atoms with Crippen LogP contribution in [0.1, 0.15) is 11.1 Å². The average molecular weight is 284 g/mol. The molecule has 0 unspecified atom stereocenters. The minimum atomic E-state index is -2.03. The number of halogens is 2. The van der Waals surface area contributed by atoms with E-state index in [0.717, 1.165) is 5.56 Å². The smallest absolute Gasteiger partial charge is 0.202 e. The number of rotatable bonds is 2. The Balaban J connectivity index is 2.54. The summed E-state index contributed by atoms with van der Waals surface area (Å²) in [6, 6.07) is 7.16. The quantitative estimate of drug-likeness (QED) is 0.774. The molecule has 0 aliphatic heterocycles. The number of fused-ring (bicyclic) bond motifs is 1. The molecule has 0 amide bonds. The Morgan fingerprint density at radius 3 is 2.72 bits per heavy atom. The molecule has 0 saturated carbocycles. The zero-order chi connectivity index (χ0) is 13.6. The van der Waals surface area contributed by atoms with Gasteiger partial charge in [0, 0.05) is 17.0 Å². The maximum Gasteiger partial charge on any atom is 0.202 e. The van der Waals surface area contributed by atoms with E-state index in [1.54, 1.807) is 18.2 Å². The van der Waals surface area contributed by atoms with Crippen LogP contribution in [0.2, 0.25) is 24.7 Å². The standard InChI is InChI=1S/C13H15ClFNOSi/c1-18(2,3)17-13(8-16)11-5-4-10(14)6-9(11)7-12(13)15/h4-6,12H,7H2,1-3H3/t12-,13-/m1/s1. The normalized spacial score (nSPS) is 26.8. The highest BCUT2D eigenvalue weighted by Gasteiger charge is 2.51. The molecule has 0 fully saturated rings. The number of nitrogens with zero attached hydrogens (tertiary/aromatic N) is 1. The van der Waals surface area contributed by atoms with Crippen LogP contribution in [0.15, 0.2) is 18.2 Å². The lowest BCUT2D eigenvalue weighted by molar-refractivity contribution is 0.0413. The Kier molecular flexibility index (Phi) is 3.26. The van der Waals surface area contributed by atoms with E-state index in [-0.39, 0.29) is 6.42 Å². The SMILES string of the molecule is C[Si](C)(C)O[C@]1(C#N)c2ccc(Cl)cc2C[C@H]1F. The van der Waals surface area contributed by atoms with Crippen molar-refractivity contribution in [2.24, 2.45) is 0 Å². The second-order valence-corrected chi connectivity index (χ2v) is 10.4. The lowest BCUT2D eigenvalue weighted by Crippen LogP contribution is -2.43. The van der Waals surface area contributed by atoms with Gasteiger partial charge in [0.25, 0.3) is 0 Å². The fraction of sp³-hybridized carbons (Fsp3) is 0.462. The lowest BCUT2D eigenvalue weighted by Gasteiger charge is -2.32. The summed E-state index contributed by atoms with van der Waals surface area (Å²) < 4.78 is 20.2. The van der Waals surface area contributed by atoms with Crippen LogP contribution in [-0.4, -0.2) is 14.5 Å². The highest BCUT2D eigenvalue weighted by molar-refractivity contribution is 6.69. The fourth-order valence-electron chi connectivity index (χ4n) is 2.35. The van der Waals surface area contributed by atoms with Crippen LogP contribution in [0.25, 0.3) is 0 Å². The molecular formula is C13H15ClFNOSi. The van der Waals surface area contributed by atoms with E-state index in [9.17, 15) is 9.65 Å². The van der Waals surface area contributed by atoms with Gasteiger partial charge in [-0.2, -0.15) is 5.26 Å². The van der Waals surface area contributed by atoms with Crippen LogP contribution < -0.4 is 0 Å². The Labute approximate surface area is 112 Å². The molecule has 0 radical (unpaired) electrons. The van der Waals surface area contributed by atoms with Crippen molar-refractivity contribution in [3.63, 3.8) is 0 Å². The van der Waals surface area contributed by atoms with Crippen LogP contribution in [0.3, 0.4) is 0 Å². The second kappa shape index (κ2) is 4.34. The summed E-state index contributed by atoms with van der Waals surface area (Å²) in [5, 5.41) is 10.00. The summed E-state index contributed by atoms with van der Waals surface area (Å²) in [6.07, 6.45) is -1.14. The molecule has 0 heterocycles.